The second-order valence-corrected chi connectivity index (χ2v) is 8.35. The van der Waals surface area contributed by atoms with E-state index in [1.165, 1.54) is 29.2 Å². The van der Waals surface area contributed by atoms with E-state index in [0.29, 0.717) is 11.3 Å². The molecule has 2 aromatic carbocycles. The van der Waals surface area contributed by atoms with E-state index in [-0.39, 0.29) is 17.6 Å². The number of halogens is 1. The fraction of sp³-hybridized carbons (Fsp3) is 0.304. The number of hydrogen-bond acceptors (Lipinski definition) is 5. The van der Waals surface area contributed by atoms with Gasteiger partial charge in [-0.25, -0.2) is 4.39 Å². The van der Waals surface area contributed by atoms with Crippen molar-refractivity contribution in [2.24, 2.45) is 0 Å². The van der Waals surface area contributed by atoms with Gasteiger partial charge in [0.2, 0.25) is 5.91 Å². The first-order valence-corrected chi connectivity index (χ1v) is 11.1. The molecular weight excluding hydrogens is 415 g/mol. The lowest BCUT2D eigenvalue weighted by Crippen LogP contribution is -2.46. The molecule has 1 heterocycles. The molecule has 0 spiro atoms. The molecule has 0 saturated heterocycles. The van der Waals surface area contributed by atoms with Gasteiger partial charge in [-0.1, -0.05) is 47.2 Å². The minimum Gasteiger partial charge on any atom is -0.351 e. The Labute approximate surface area is 184 Å². The molecule has 1 aromatic heterocycles. The Balaban J connectivity index is 1.79. The molecule has 4 rings (SSSR count). The molecule has 1 fully saturated rings. The summed E-state index contributed by atoms with van der Waals surface area (Å²) in [5, 5.41) is 8.56. The normalized spacial score (nSPS) is 14.9. The van der Waals surface area contributed by atoms with Crippen LogP contribution in [0.2, 0.25) is 0 Å². The lowest BCUT2D eigenvalue weighted by molar-refractivity contribution is -0.123. The number of nitrogens with one attached hydrogen (secondary N) is 1. The lowest BCUT2D eigenvalue weighted by Gasteiger charge is -2.32. The zero-order valence-electron chi connectivity index (χ0n) is 17.1. The van der Waals surface area contributed by atoms with Crippen LogP contribution in [0.4, 0.5) is 10.1 Å². The molecule has 1 aliphatic carbocycles. The van der Waals surface area contributed by atoms with Gasteiger partial charge in [-0.2, -0.15) is 0 Å². The molecule has 0 radical (unpaired) electrons. The SMILES string of the molecule is Cc1ccc(C(C(=O)NC2CCCC2)N(C(=O)c2csnn2)c2ccc(F)cc2)cc1. The Bertz CT molecular complexity index is 1030. The van der Waals surface area contributed by atoms with E-state index in [4.69, 9.17) is 0 Å². The summed E-state index contributed by atoms with van der Waals surface area (Å²) >= 11 is 1.06. The van der Waals surface area contributed by atoms with Gasteiger partial charge in [0.25, 0.3) is 5.91 Å². The van der Waals surface area contributed by atoms with Crippen LogP contribution < -0.4 is 10.2 Å². The van der Waals surface area contributed by atoms with E-state index in [9.17, 15) is 14.0 Å². The fourth-order valence-corrected chi connectivity index (χ4v) is 4.31. The predicted octanol–water partition coefficient (Wildman–Crippen LogP) is 4.43. The fourth-order valence-electron chi connectivity index (χ4n) is 3.88. The molecule has 31 heavy (non-hydrogen) atoms. The maximum atomic E-state index is 13.6. The zero-order chi connectivity index (χ0) is 21.8. The number of rotatable bonds is 6. The van der Waals surface area contributed by atoms with Crippen molar-refractivity contribution in [3.8, 4) is 0 Å². The summed E-state index contributed by atoms with van der Waals surface area (Å²) in [4.78, 5) is 28.4. The van der Waals surface area contributed by atoms with Crippen molar-refractivity contribution in [1.82, 2.24) is 14.9 Å². The summed E-state index contributed by atoms with van der Waals surface area (Å²) in [6, 6.07) is 12.2. The second kappa shape index (κ2) is 9.34. The molecule has 160 valence electrons. The number of carbonyl (C=O) groups is 2. The number of benzene rings is 2. The molecular formula is C23H23FN4O2S. The molecule has 1 unspecified atom stereocenters. The smallest absolute Gasteiger partial charge is 0.280 e. The van der Waals surface area contributed by atoms with Gasteiger partial charge in [0.1, 0.15) is 11.9 Å². The van der Waals surface area contributed by atoms with Crippen molar-refractivity contribution in [3.05, 3.63) is 76.5 Å². The van der Waals surface area contributed by atoms with Gasteiger partial charge in [-0.3, -0.25) is 14.5 Å². The first kappa shape index (κ1) is 21.1. The Morgan fingerprint density at radius 2 is 1.77 bits per heavy atom. The van der Waals surface area contributed by atoms with Crippen molar-refractivity contribution < 1.29 is 14.0 Å². The number of aryl methyl sites for hydroxylation is 1. The lowest BCUT2D eigenvalue weighted by atomic mass is 10.0. The second-order valence-electron chi connectivity index (χ2n) is 7.74. The van der Waals surface area contributed by atoms with Crippen LogP contribution in [0.25, 0.3) is 0 Å². The van der Waals surface area contributed by atoms with Gasteiger partial charge >= 0.3 is 0 Å². The van der Waals surface area contributed by atoms with Gasteiger partial charge in [-0.15, -0.1) is 5.10 Å². The Morgan fingerprint density at radius 1 is 1.10 bits per heavy atom. The van der Waals surface area contributed by atoms with Crippen LogP contribution in [0.3, 0.4) is 0 Å². The highest BCUT2D eigenvalue weighted by Crippen LogP contribution is 2.31. The van der Waals surface area contributed by atoms with Crippen molar-refractivity contribution in [3.63, 3.8) is 0 Å². The molecule has 1 N–H and O–H groups in total. The van der Waals surface area contributed by atoms with Crippen LogP contribution >= 0.6 is 11.5 Å². The number of carbonyl (C=O) groups excluding carboxylic acids is 2. The number of amides is 2. The molecule has 6 nitrogen and oxygen atoms in total. The van der Waals surface area contributed by atoms with Crippen LogP contribution in [0.15, 0.2) is 53.9 Å². The maximum absolute atomic E-state index is 13.6. The van der Waals surface area contributed by atoms with Gasteiger partial charge in [-0.05, 0) is 61.1 Å². The van der Waals surface area contributed by atoms with Gasteiger partial charge in [0.15, 0.2) is 5.69 Å². The largest absolute Gasteiger partial charge is 0.351 e. The third-order valence-electron chi connectivity index (χ3n) is 5.50. The van der Waals surface area contributed by atoms with Gasteiger partial charge in [0.05, 0.1) is 0 Å². The highest BCUT2D eigenvalue weighted by atomic mass is 32.1. The predicted molar refractivity (Wildman–Crippen MR) is 117 cm³/mol. The average molecular weight is 439 g/mol. The van der Waals surface area contributed by atoms with Gasteiger partial charge < -0.3 is 5.32 Å². The van der Waals surface area contributed by atoms with Crippen LogP contribution in [-0.2, 0) is 4.79 Å². The summed E-state index contributed by atoms with van der Waals surface area (Å²) in [5.74, 6) is -1.15. The molecule has 1 atom stereocenters. The van der Waals surface area contributed by atoms with Crippen molar-refractivity contribution >= 4 is 29.0 Å². The Morgan fingerprint density at radius 3 is 2.39 bits per heavy atom. The molecule has 1 aliphatic rings. The van der Waals surface area contributed by atoms with Crippen LogP contribution in [0, 0.1) is 12.7 Å². The summed E-state index contributed by atoms with van der Waals surface area (Å²) in [6.45, 7) is 1.96. The number of hydrogen-bond donors (Lipinski definition) is 1. The molecule has 3 aromatic rings. The summed E-state index contributed by atoms with van der Waals surface area (Å²) in [7, 11) is 0. The van der Waals surface area contributed by atoms with E-state index in [0.717, 1.165) is 42.8 Å². The van der Waals surface area contributed by atoms with Crippen LogP contribution in [0.1, 0.15) is 53.3 Å². The number of nitrogens with zero attached hydrogens (tertiary/aromatic N) is 3. The Hall–Kier alpha value is -3.13. The van der Waals surface area contributed by atoms with Crippen LogP contribution in [0.5, 0.6) is 0 Å². The quantitative estimate of drug-likeness (QED) is 0.618. The van der Waals surface area contributed by atoms with Crippen molar-refractivity contribution in [2.75, 3.05) is 4.90 Å². The van der Waals surface area contributed by atoms with Crippen molar-refractivity contribution in [2.45, 2.75) is 44.7 Å². The highest BCUT2D eigenvalue weighted by Gasteiger charge is 2.35. The summed E-state index contributed by atoms with van der Waals surface area (Å²) in [6.07, 6.45) is 4.00. The molecule has 0 bridgehead atoms. The summed E-state index contributed by atoms with van der Waals surface area (Å²) < 4.78 is 17.4. The average Bonchev–Trinajstić information content (AvgIpc) is 3.47. The van der Waals surface area contributed by atoms with Gasteiger partial charge in [0, 0.05) is 17.1 Å². The molecule has 2 amide bonds. The number of anilines is 1. The summed E-state index contributed by atoms with van der Waals surface area (Å²) in [5.41, 5.74) is 2.26. The standard InChI is InChI=1S/C23H23FN4O2S/c1-15-6-8-16(9-7-15)21(22(29)25-18-4-2-3-5-18)28(19-12-10-17(24)11-13-19)23(30)20-14-31-27-26-20/h6-14,18,21H,2-5H2,1H3,(H,25,29). The molecule has 1 saturated carbocycles. The van der Waals surface area contributed by atoms with E-state index in [1.54, 1.807) is 5.38 Å². The minimum atomic E-state index is -0.930. The monoisotopic (exact) mass is 438 g/mol. The Kier molecular flexibility index (Phi) is 6.36. The van der Waals surface area contributed by atoms with Crippen LogP contribution in [-0.4, -0.2) is 27.4 Å². The maximum Gasteiger partial charge on any atom is 0.280 e. The third kappa shape index (κ3) is 4.80. The molecule has 0 aliphatic heterocycles. The van der Waals surface area contributed by atoms with E-state index in [1.807, 2.05) is 31.2 Å². The third-order valence-corrected chi connectivity index (χ3v) is 6.01. The van der Waals surface area contributed by atoms with E-state index in [2.05, 4.69) is 14.9 Å². The minimum absolute atomic E-state index is 0.0894. The first-order chi connectivity index (χ1) is 15.0. The topological polar surface area (TPSA) is 75.2 Å². The molecule has 8 heteroatoms. The highest BCUT2D eigenvalue weighted by molar-refractivity contribution is 7.03. The van der Waals surface area contributed by atoms with E-state index < -0.39 is 17.8 Å². The van der Waals surface area contributed by atoms with Crippen molar-refractivity contribution in [1.29, 1.82) is 0 Å². The van der Waals surface area contributed by atoms with E-state index >= 15 is 0 Å². The zero-order valence-corrected chi connectivity index (χ0v) is 17.9. The number of aromatic nitrogens is 2. The first-order valence-electron chi connectivity index (χ1n) is 10.3.